The normalized spacial score (nSPS) is 14.9. The van der Waals surface area contributed by atoms with Crippen molar-refractivity contribution < 1.29 is 4.79 Å². The number of benzene rings is 2. The van der Waals surface area contributed by atoms with Crippen molar-refractivity contribution >= 4 is 22.9 Å². The predicted molar refractivity (Wildman–Crippen MR) is 102 cm³/mol. The number of hydrogen-bond donors (Lipinski definition) is 1. The number of rotatable bonds is 3. The van der Waals surface area contributed by atoms with E-state index in [1.54, 1.807) is 0 Å². The number of amides is 1. The first-order chi connectivity index (χ1) is 12.3. The molecule has 0 saturated carbocycles. The van der Waals surface area contributed by atoms with Gasteiger partial charge in [-0.15, -0.1) is 0 Å². The summed E-state index contributed by atoms with van der Waals surface area (Å²) in [6.07, 6.45) is 9.22. The number of allylic oxidation sites excluding steroid dienone is 1. The van der Waals surface area contributed by atoms with Crippen molar-refractivity contribution in [1.82, 2.24) is 9.88 Å². The lowest BCUT2D eigenvalue weighted by Gasteiger charge is -2.25. The Morgan fingerprint density at radius 3 is 2.72 bits per heavy atom. The maximum absolute atomic E-state index is 12.7. The number of nitrogens with zero attached hydrogens (tertiary/aromatic N) is 1. The predicted octanol–water partition coefficient (Wildman–Crippen LogP) is 4.65. The van der Waals surface area contributed by atoms with E-state index in [4.69, 9.17) is 0 Å². The summed E-state index contributed by atoms with van der Waals surface area (Å²) in [5.74, 6) is 0.102. The first-order valence-electron chi connectivity index (χ1n) is 8.58. The molecular weight excluding hydrogens is 308 g/mol. The first-order valence-corrected chi connectivity index (χ1v) is 8.58. The van der Waals surface area contributed by atoms with Crippen LogP contribution < -0.4 is 0 Å². The van der Waals surface area contributed by atoms with Gasteiger partial charge in [0.15, 0.2) is 0 Å². The smallest absolute Gasteiger partial charge is 0.254 e. The highest BCUT2D eigenvalue weighted by atomic mass is 16.2. The third-order valence-corrected chi connectivity index (χ3v) is 4.62. The van der Waals surface area contributed by atoms with Crippen LogP contribution in [0.3, 0.4) is 0 Å². The molecule has 0 fully saturated rings. The van der Waals surface area contributed by atoms with Gasteiger partial charge < -0.3 is 9.88 Å². The Morgan fingerprint density at radius 1 is 1.04 bits per heavy atom. The molecule has 2 heterocycles. The van der Waals surface area contributed by atoms with Crippen molar-refractivity contribution in [3.8, 4) is 0 Å². The minimum absolute atomic E-state index is 0.102. The van der Waals surface area contributed by atoms with Crippen LogP contribution in [0.15, 0.2) is 78.5 Å². The molecule has 1 aliphatic heterocycles. The fraction of sp³-hybridized carbons (Fsp3) is 0.136. The van der Waals surface area contributed by atoms with Crippen molar-refractivity contribution in [3.05, 3.63) is 89.6 Å². The van der Waals surface area contributed by atoms with E-state index in [1.807, 2.05) is 53.6 Å². The molecule has 0 atom stereocenters. The van der Waals surface area contributed by atoms with E-state index in [0.717, 1.165) is 29.4 Å². The summed E-state index contributed by atoms with van der Waals surface area (Å²) in [7, 11) is 0. The van der Waals surface area contributed by atoms with Gasteiger partial charge in [0.05, 0.1) is 0 Å². The summed E-state index contributed by atoms with van der Waals surface area (Å²) in [5, 5.41) is 1.07. The second-order valence-electron chi connectivity index (χ2n) is 6.30. The van der Waals surface area contributed by atoms with E-state index >= 15 is 0 Å². The van der Waals surface area contributed by atoms with Gasteiger partial charge in [0, 0.05) is 35.8 Å². The monoisotopic (exact) mass is 328 g/mol. The van der Waals surface area contributed by atoms with Crippen LogP contribution in [0.5, 0.6) is 0 Å². The molecule has 0 bridgehead atoms. The number of carbonyl (C=O) groups excluding carboxylic acids is 1. The fourth-order valence-corrected chi connectivity index (χ4v) is 3.16. The number of nitrogens with one attached hydrogen (secondary N) is 1. The molecule has 1 aromatic heterocycles. The number of aromatic amines is 1. The summed E-state index contributed by atoms with van der Waals surface area (Å²) >= 11 is 0. The van der Waals surface area contributed by atoms with Gasteiger partial charge in [-0.2, -0.15) is 0 Å². The zero-order valence-corrected chi connectivity index (χ0v) is 14.0. The highest BCUT2D eigenvalue weighted by Gasteiger charge is 2.18. The molecule has 0 saturated heterocycles. The molecule has 3 nitrogen and oxygen atoms in total. The third-order valence-electron chi connectivity index (χ3n) is 4.62. The molecule has 0 spiro atoms. The molecule has 1 N–H and O–H groups in total. The molecule has 4 rings (SSSR count). The van der Waals surface area contributed by atoms with Crippen LogP contribution in [0.1, 0.15) is 22.3 Å². The molecule has 1 amide bonds. The lowest BCUT2D eigenvalue weighted by molar-refractivity contribution is 0.0770. The van der Waals surface area contributed by atoms with Gasteiger partial charge in [0.25, 0.3) is 5.91 Å². The van der Waals surface area contributed by atoms with Crippen molar-refractivity contribution in [3.63, 3.8) is 0 Å². The van der Waals surface area contributed by atoms with Crippen molar-refractivity contribution in [2.45, 2.75) is 6.42 Å². The zero-order chi connectivity index (χ0) is 17.1. The molecule has 2 aromatic carbocycles. The molecule has 0 unspecified atom stereocenters. The number of H-pyrrole nitrogens is 1. The van der Waals surface area contributed by atoms with Crippen LogP contribution in [0.2, 0.25) is 0 Å². The molecule has 1 aliphatic rings. The summed E-state index contributed by atoms with van der Waals surface area (Å²) in [4.78, 5) is 17.8. The Kier molecular flexibility index (Phi) is 4.21. The first kappa shape index (κ1) is 15.5. The Hall–Kier alpha value is -3.07. The number of carbonyl (C=O) groups is 1. The van der Waals surface area contributed by atoms with Gasteiger partial charge in [-0.05, 0) is 41.8 Å². The Balaban J connectivity index is 1.44. The molecule has 3 heteroatoms. The van der Waals surface area contributed by atoms with Crippen LogP contribution in [0.4, 0.5) is 0 Å². The molecule has 124 valence electrons. The Bertz CT molecular complexity index is 950. The molecule has 0 aliphatic carbocycles. The van der Waals surface area contributed by atoms with Gasteiger partial charge in [0.1, 0.15) is 0 Å². The van der Waals surface area contributed by atoms with Crippen molar-refractivity contribution in [2.75, 3.05) is 13.1 Å². The molecule has 0 radical (unpaired) electrons. The lowest BCUT2D eigenvalue weighted by Crippen LogP contribution is -2.34. The van der Waals surface area contributed by atoms with Crippen LogP contribution >= 0.6 is 0 Å². The largest absolute Gasteiger partial charge is 0.361 e. The maximum atomic E-state index is 12.7. The highest BCUT2D eigenvalue weighted by Crippen LogP contribution is 2.19. The topological polar surface area (TPSA) is 36.1 Å². The van der Waals surface area contributed by atoms with Gasteiger partial charge in [-0.1, -0.05) is 48.6 Å². The van der Waals surface area contributed by atoms with Gasteiger partial charge in [-0.25, -0.2) is 0 Å². The van der Waals surface area contributed by atoms with E-state index in [2.05, 4.69) is 35.3 Å². The van der Waals surface area contributed by atoms with E-state index in [1.165, 1.54) is 11.1 Å². The molecule has 25 heavy (non-hydrogen) atoms. The van der Waals surface area contributed by atoms with Crippen LogP contribution in [0.25, 0.3) is 17.0 Å². The van der Waals surface area contributed by atoms with E-state index in [9.17, 15) is 4.79 Å². The van der Waals surface area contributed by atoms with Gasteiger partial charge in [-0.3, -0.25) is 4.79 Å². The molecule has 3 aromatic rings. The Labute approximate surface area is 147 Å². The number of aromatic nitrogens is 1. The minimum Gasteiger partial charge on any atom is -0.361 e. The SMILES string of the molecule is O=C(c1ccc2[nH]ccc2c1)N1CC=C(C=Cc2ccccc2)CC1. The van der Waals surface area contributed by atoms with Crippen LogP contribution in [0, 0.1) is 0 Å². The van der Waals surface area contributed by atoms with Gasteiger partial charge in [0.2, 0.25) is 0 Å². The van der Waals surface area contributed by atoms with Crippen molar-refractivity contribution in [2.24, 2.45) is 0 Å². The average molecular weight is 328 g/mol. The van der Waals surface area contributed by atoms with Gasteiger partial charge >= 0.3 is 0 Å². The Morgan fingerprint density at radius 2 is 1.92 bits per heavy atom. The number of fused-ring (bicyclic) bond motifs is 1. The number of hydrogen-bond acceptors (Lipinski definition) is 1. The zero-order valence-electron chi connectivity index (χ0n) is 14.0. The highest BCUT2D eigenvalue weighted by molar-refractivity contribution is 5.98. The van der Waals surface area contributed by atoms with E-state index in [0.29, 0.717) is 6.54 Å². The maximum Gasteiger partial charge on any atom is 0.254 e. The second-order valence-corrected chi connectivity index (χ2v) is 6.30. The van der Waals surface area contributed by atoms with E-state index < -0.39 is 0 Å². The minimum atomic E-state index is 0.102. The molecular formula is C22H20N2O. The summed E-state index contributed by atoms with van der Waals surface area (Å²) < 4.78 is 0. The van der Waals surface area contributed by atoms with Crippen LogP contribution in [-0.2, 0) is 0 Å². The van der Waals surface area contributed by atoms with Crippen LogP contribution in [-0.4, -0.2) is 28.9 Å². The summed E-state index contributed by atoms with van der Waals surface area (Å²) in [6, 6.07) is 18.1. The fourth-order valence-electron chi connectivity index (χ4n) is 3.16. The second kappa shape index (κ2) is 6.81. The summed E-state index contributed by atoms with van der Waals surface area (Å²) in [5.41, 5.74) is 4.29. The summed E-state index contributed by atoms with van der Waals surface area (Å²) in [6.45, 7) is 1.42. The van der Waals surface area contributed by atoms with Crippen molar-refractivity contribution in [1.29, 1.82) is 0 Å². The van der Waals surface area contributed by atoms with E-state index in [-0.39, 0.29) is 5.91 Å². The third kappa shape index (κ3) is 3.41. The average Bonchev–Trinajstić information content (AvgIpc) is 3.15. The lowest BCUT2D eigenvalue weighted by atomic mass is 10.0. The quantitative estimate of drug-likeness (QED) is 0.746. The standard InChI is InChI=1S/C22H20N2O/c25-22(20-8-9-21-19(16-20)10-13-23-21)24-14-11-18(12-15-24)7-6-17-4-2-1-3-5-17/h1-11,13,16,23H,12,14-15H2.